The number of carbonyl (C=O) groups excluding carboxylic acids is 1. The summed E-state index contributed by atoms with van der Waals surface area (Å²) in [4.78, 5) is 23.8. The Morgan fingerprint density at radius 1 is 1.17 bits per heavy atom. The van der Waals surface area contributed by atoms with Crippen molar-refractivity contribution in [3.05, 3.63) is 71.0 Å². The fourth-order valence-corrected chi connectivity index (χ4v) is 3.92. The summed E-state index contributed by atoms with van der Waals surface area (Å²) in [6.45, 7) is 3.41. The standard InChI is InChI=1S/C23H23BrN4O2/c1-16-7-9-20(10-8-16)30-23-21(25-11-12-26-23)28-13-3-4-17(15-28)22(29)27-19-6-2-5-18(24)14-19/h2,5-12,14,17H,3-4,13,15H2,1H3,(H,27,29). The Hall–Kier alpha value is -2.93. The third-order valence-corrected chi connectivity index (χ3v) is 5.56. The van der Waals surface area contributed by atoms with Crippen molar-refractivity contribution < 1.29 is 9.53 Å². The number of rotatable bonds is 5. The third-order valence-electron chi connectivity index (χ3n) is 5.07. The molecule has 1 aliphatic heterocycles. The number of aryl methyl sites for hydroxylation is 1. The topological polar surface area (TPSA) is 67.4 Å². The minimum atomic E-state index is -0.132. The lowest BCUT2D eigenvalue weighted by molar-refractivity contribution is -0.120. The molecule has 1 aromatic heterocycles. The monoisotopic (exact) mass is 466 g/mol. The molecule has 3 aromatic rings. The van der Waals surface area contributed by atoms with Crippen LogP contribution >= 0.6 is 15.9 Å². The average molecular weight is 467 g/mol. The number of hydrogen-bond acceptors (Lipinski definition) is 5. The van der Waals surface area contributed by atoms with Crippen molar-refractivity contribution in [3.8, 4) is 11.6 Å². The van der Waals surface area contributed by atoms with Crippen molar-refractivity contribution in [2.45, 2.75) is 19.8 Å². The predicted molar refractivity (Wildman–Crippen MR) is 121 cm³/mol. The van der Waals surface area contributed by atoms with E-state index in [4.69, 9.17) is 4.74 Å². The Balaban J connectivity index is 1.48. The van der Waals surface area contributed by atoms with Gasteiger partial charge in [0.2, 0.25) is 5.91 Å². The maximum absolute atomic E-state index is 12.8. The summed E-state index contributed by atoms with van der Waals surface area (Å²) in [7, 11) is 0. The van der Waals surface area contributed by atoms with Crippen molar-refractivity contribution in [2.24, 2.45) is 5.92 Å². The number of amides is 1. The number of nitrogens with one attached hydrogen (secondary N) is 1. The summed E-state index contributed by atoms with van der Waals surface area (Å²) < 4.78 is 6.93. The van der Waals surface area contributed by atoms with Crippen molar-refractivity contribution in [1.82, 2.24) is 9.97 Å². The highest BCUT2D eigenvalue weighted by atomic mass is 79.9. The number of benzene rings is 2. The second kappa shape index (κ2) is 9.26. The van der Waals surface area contributed by atoms with Crippen LogP contribution < -0.4 is 15.0 Å². The Kier molecular flexibility index (Phi) is 6.28. The molecule has 30 heavy (non-hydrogen) atoms. The molecule has 4 rings (SSSR count). The molecule has 1 amide bonds. The molecule has 0 bridgehead atoms. The van der Waals surface area contributed by atoms with Crippen LogP contribution in [0, 0.1) is 12.8 Å². The number of carbonyl (C=O) groups is 1. The molecule has 1 fully saturated rings. The predicted octanol–water partition coefficient (Wildman–Crippen LogP) is 5.19. The van der Waals surface area contributed by atoms with Crippen LogP contribution in [-0.4, -0.2) is 29.0 Å². The first kappa shape index (κ1) is 20.3. The zero-order valence-corrected chi connectivity index (χ0v) is 18.3. The van der Waals surface area contributed by atoms with E-state index in [0.717, 1.165) is 35.1 Å². The molecule has 7 heteroatoms. The quantitative estimate of drug-likeness (QED) is 0.559. The van der Waals surface area contributed by atoms with E-state index in [1.807, 2.05) is 55.5 Å². The van der Waals surface area contributed by atoms with Crippen molar-refractivity contribution >= 4 is 33.3 Å². The molecule has 1 saturated heterocycles. The first-order valence-electron chi connectivity index (χ1n) is 9.95. The Bertz CT molecular complexity index is 1030. The average Bonchev–Trinajstić information content (AvgIpc) is 2.76. The van der Waals surface area contributed by atoms with Gasteiger partial charge in [0.25, 0.3) is 5.88 Å². The summed E-state index contributed by atoms with van der Waals surface area (Å²) >= 11 is 3.44. The molecule has 1 atom stereocenters. The van der Waals surface area contributed by atoms with Gasteiger partial charge >= 0.3 is 0 Å². The molecule has 1 aliphatic rings. The molecule has 0 spiro atoms. The number of ether oxygens (including phenoxy) is 1. The molecule has 2 heterocycles. The zero-order chi connectivity index (χ0) is 20.9. The van der Waals surface area contributed by atoms with E-state index in [1.54, 1.807) is 12.4 Å². The highest BCUT2D eigenvalue weighted by Crippen LogP contribution is 2.31. The summed E-state index contributed by atoms with van der Waals surface area (Å²) in [5.41, 5.74) is 1.95. The molecule has 0 saturated carbocycles. The van der Waals surface area contributed by atoms with Gasteiger partial charge in [0, 0.05) is 35.6 Å². The van der Waals surface area contributed by atoms with Gasteiger partial charge in [0.1, 0.15) is 5.75 Å². The zero-order valence-electron chi connectivity index (χ0n) is 16.7. The number of hydrogen-bond donors (Lipinski definition) is 1. The van der Waals surface area contributed by atoms with E-state index >= 15 is 0 Å². The van der Waals surface area contributed by atoms with E-state index in [0.29, 0.717) is 24.0 Å². The lowest BCUT2D eigenvalue weighted by Crippen LogP contribution is -2.41. The first-order valence-corrected chi connectivity index (χ1v) is 10.7. The number of aromatic nitrogens is 2. The van der Waals surface area contributed by atoms with Gasteiger partial charge in [-0.05, 0) is 50.1 Å². The highest BCUT2D eigenvalue weighted by Gasteiger charge is 2.28. The van der Waals surface area contributed by atoms with Gasteiger partial charge in [-0.2, -0.15) is 0 Å². The Morgan fingerprint density at radius 3 is 2.77 bits per heavy atom. The smallest absolute Gasteiger partial charge is 0.263 e. The molecule has 1 N–H and O–H groups in total. The third kappa shape index (κ3) is 4.97. The van der Waals surface area contributed by atoms with Gasteiger partial charge in [0.05, 0.1) is 5.92 Å². The van der Waals surface area contributed by atoms with Gasteiger partial charge in [-0.15, -0.1) is 0 Å². The van der Waals surface area contributed by atoms with E-state index in [9.17, 15) is 4.79 Å². The van der Waals surface area contributed by atoms with Crippen LogP contribution in [0.3, 0.4) is 0 Å². The largest absolute Gasteiger partial charge is 0.436 e. The fourth-order valence-electron chi connectivity index (χ4n) is 3.52. The highest BCUT2D eigenvalue weighted by molar-refractivity contribution is 9.10. The SMILES string of the molecule is Cc1ccc(Oc2nccnc2N2CCCC(C(=O)Nc3cccc(Br)c3)C2)cc1. The van der Waals surface area contributed by atoms with Crippen LogP contribution in [0.2, 0.25) is 0 Å². The van der Waals surface area contributed by atoms with Crippen LogP contribution in [-0.2, 0) is 4.79 Å². The van der Waals surface area contributed by atoms with Crippen LogP contribution in [0.5, 0.6) is 11.6 Å². The van der Waals surface area contributed by atoms with Gasteiger partial charge in [-0.1, -0.05) is 39.7 Å². The van der Waals surface area contributed by atoms with Crippen LogP contribution in [0.4, 0.5) is 11.5 Å². The molecule has 0 aliphatic carbocycles. The summed E-state index contributed by atoms with van der Waals surface area (Å²) in [6, 6.07) is 15.4. The maximum Gasteiger partial charge on any atom is 0.263 e. The molecule has 154 valence electrons. The Morgan fingerprint density at radius 2 is 1.97 bits per heavy atom. The normalized spacial score (nSPS) is 16.2. The summed E-state index contributed by atoms with van der Waals surface area (Å²) in [5.74, 6) is 1.71. The molecule has 0 radical (unpaired) electrons. The van der Waals surface area contributed by atoms with Crippen LogP contribution in [0.25, 0.3) is 0 Å². The summed E-state index contributed by atoms with van der Waals surface area (Å²) in [6.07, 6.45) is 5.01. The number of piperidine rings is 1. The fraction of sp³-hybridized carbons (Fsp3) is 0.261. The lowest BCUT2D eigenvalue weighted by atomic mass is 9.97. The van der Waals surface area contributed by atoms with Gasteiger partial charge in [-0.25, -0.2) is 9.97 Å². The van der Waals surface area contributed by atoms with Crippen LogP contribution in [0.1, 0.15) is 18.4 Å². The second-order valence-electron chi connectivity index (χ2n) is 7.38. The van der Waals surface area contributed by atoms with Gasteiger partial charge in [-0.3, -0.25) is 4.79 Å². The van der Waals surface area contributed by atoms with Crippen LogP contribution in [0.15, 0.2) is 65.4 Å². The lowest BCUT2D eigenvalue weighted by Gasteiger charge is -2.33. The van der Waals surface area contributed by atoms with Crippen molar-refractivity contribution in [1.29, 1.82) is 0 Å². The molecule has 1 unspecified atom stereocenters. The summed E-state index contributed by atoms with van der Waals surface area (Å²) in [5, 5.41) is 3.02. The number of halogens is 1. The van der Waals surface area contributed by atoms with E-state index in [2.05, 4.69) is 36.1 Å². The minimum absolute atomic E-state index is 0.0164. The van der Waals surface area contributed by atoms with Gasteiger partial charge < -0.3 is 15.0 Å². The second-order valence-corrected chi connectivity index (χ2v) is 8.30. The molecular weight excluding hydrogens is 444 g/mol. The maximum atomic E-state index is 12.8. The molecule has 6 nitrogen and oxygen atoms in total. The Labute approximate surface area is 184 Å². The van der Waals surface area contributed by atoms with E-state index < -0.39 is 0 Å². The van der Waals surface area contributed by atoms with E-state index in [1.165, 1.54) is 0 Å². The molecular formula is C23H23BrN4O2. The van der Waals surface area contributed by atoms with Crippen molar-refractivity contribution in [3.63, 3.8) is 0 Å². The van der Waals surface area contributed by atoms with Crippen molar-refractivity contribution in [2.75, 3.05) is 23.3 Å². The van der Waals surface area contributed by atoms with Gasteiger partial charge in [0.15, 0.2) is 5.82 Å². The first-order chi connectivity index (χ1) is 14.6. The minimum Gasteiger partial charge on any atom is -0.436 e. The molecule has 2 aromatic carbocycles. The number of nitrogens with zero attached hydrogens (tertiary/aromatic N) is 3. The van der Waals surface area contributed by atoms with E-state index in [-0.39, 0.29) is 11.8 Å². The number of anilines is 2.